The van der Waals surface area contributed by atoms with Gasteiger partial charge < -0.3 is 28.6 Å². The van der Waals surface area contributed by atoms with E-state index in [0.717, 1.165) is 4.57 Å². The summed E-state index contributed by atoms with van der Waals surface area (Å²) in [5.41, 5.74) is -1.88. The number of phosphoric acid groups is 1. The Hall–Kier alpha value is -5.02. The Labute approximate surface area is 333 Å². The van der Waals surface area contributed by atoms with Crippen molar-refractivity contribution >= 4 is 54.2 Å². The molecule has 2 aliphatic heterocycles. The summed E-state index contributed by atoms with van der Waals surface area (Å²) in [5.74, 6) is -2.03. The van der Waals surface area contributed by atoms with Crippen molar-refractivity contribution in [1.29, 1.82) is 0 Å². The number of carbonyl (C=O) groups excluding carboxylic acids is 3. The van der Waals surface area contributed by atoms with Crippen LogP contribution in [0.2, 0.25) is 5.02 Å². The van der Waals surface area contributed by atoms with Crippen molar-refractivity contribution in [2.75, 3.05) is 18.5 Å². The first-order valence-corrected chi connectivity index (χ1v) is 20.0. The molecular formula is C35H41ClN7O14P. The van der Waals surface area contributed by atoms with E-state index in [-0.39, 0.29) is 64.9 Å². The molecule has 0 radical (unpaired) electrons. The van der Waals surface area contributed by atoms with E-state index in [1.54, 1.807) is 26.0 Å². The summed E-state index contributed by atoms with van der Waals surface area (Å²) in [7, 11) is -4.81. The number of aliphatic hydroxyl groups excluding tert-OH is 1. The van der Waals surface area contributed by atoms with Crippen LogP contribution in [0.1, 0.15) is 64.5 Å². The van der Waals surface area contributed by atoms with Crippen LogP contribution in [0.5, 0.6) is 5.75 Å². The Kier molecular flexibility index (Phi) is 13.1. The molecule has 2 saturated heterocycles. The molecule has 4 aromatic rings. The van der Waals surface area contributed by atoms with Crippen LogP contribution in [0, 0.1) is 12.8 Å². The minimum absolute atomic E-state index is 0.0329. The van der Waals surface area contributed by atoms with E-state index in [1.807, 2.05) is 0 Å². The molecule has 312 valence electrons. The highest BCUT2D eigenvalue weighted by Crippen LogP contribution is 2.54. The lowest BCUT2D eigenvalue weighted by atomic mass is 10.1. The highest BCUT2D eigenvalue weighted by atomic mass is 35.5. The third-order valence-electron chi connectivity index (χ3n) is 9.18. The third kappa shape index (κ3) is 9.80. The summed E-state index contributed by atoms with van der Waals surface area (Å²) < 4.78 is 52.6. The maximum Gasteiger partial charge on any atom is 0.530 e. The van der Waals surface area contributed by atoms with Gasteiger partial charge in [-0.2, -0.15) is 4.98 Å². The van der Waals surface area contributed by atoms with Crippen LogP contribution < -0.4 is 26.6 Å². The molecule has 4 N–H and O–H groups in total. The van der Waals surface area contributed by atoms with Crippen LogP contribution in [-0.2, 0) is 42.2 Å². The first kappa shape index (κ1) is 42.6. The second-order valence-corrected chi connectivity index (χ2v) is 15.9. The Morgan fingerprint density at radius 2 is 1.74 bits per heavy atom. The van der Waals surface area contributed by atoms with E-state index >= 15 is 0 Å². The molecule has 0 saturated carbocycles. The number of halogens is 1. The number of H-pyrrole nitrogens is 2. The zero-order valence-electron chi connectivity index (χ0n) is 31.6. The highest BCUT2D eigenvalue weighted by Gasteiger charge is 2.46. The Bertz CT molecular complexity index is 2410. The third-order valence-corrected chi connectivity index (χ3v) is 10.9. The average molecular weight is 850 g/mol. The molecular weight excluding hydrogens is 809 g/mol. The number of benzene rings is 1. The number of ether oxygens (including phenoxy) is 3. The lowest BCUT2D eigenvalue weighted by molar-refractivity contribution is -0.153. The van der Waals surface area contributed by atoms with Crippen molar-refractivity contribution in [3.63, 3.8) is 0 Å². The summed E-state index contributed by atoms with van der Waals surface area (Å²) >= 11 is 6.35. The second kappa shape index (κ2) is 17.9. The van der Waals surface area contributed by atoms with Crippen LogP contribution in [-0.4, -0.2) is 89.5 Å². The van der Waals surface area contributed by atoms with Crippen LogP contribution in [0.4, 0.5) is 5.95 Å². The minimum atomic E-state index is -4.81. The molecule has 2 aliphatic rings. The SMILES string of the molecule is CC(=O)CCC(=O)O[C@H]1C[C@H](n2cc(C)c(=O)[nH]c2=O)O[C@@H]1COP(=O)(Oc1ccccc1Cl)O[C@H]1C[C@H](n2cnc3c(=O)[nH]c(NC(=O)C(C)C)nc32)O[C@@H]1CO. The smallest absolute Gasteiger partial charge is 0.459 e. The predicted molar refractivity (Wildman–Crippen MR) is 202 cm³/mol. The molecule has 6 rings (SSSR count). The van der Waals surface area contributed by atoms with Crippen LogP contribution in [0.3, 0.4) is 0 Å². The number of aliphatic hydroxyl groups is 1. The van der Waals surface area contributed by atoms with Crippen molar-refractivity contribution in [3.8, 4) is 5.75 Å². The number of imidazole rings is 1. The fourth-order valence-electron chi connectivity index (χ4n) is 6.10. The predicted octanol–water partition coefficient (Wildman–Crippen LogP) is 2.66. The number of aromatic nitrogens is 6. The van der Waals surface area contributed by atoms with Gasteiger partial charge in [0, 0.05) is 36.9 Å². The number of nitrogens with one attached hydrogen (secondary N) is 3. The summed E-state index contributed by atoms with van der Waals surface area (Å²) in [6, 6.07) is 6.03. The van der Waals surface area contributed by atoms with Crippen LogP contribution >= 0.6 is 19.4 Å². The molecule has 2 fully saturated rings. The van der Waals surface area contributed by atoms with E-state index in [9.17, 15) is 38.4 Å². The number of carbonyl (C=O) groups is 3. The van der Waals surface area contributed by atoms with Gasteiger partial charge in [0.1, 0.15) is 48.4 Å². The van der Waals surface area contributed by atoms with Gasteiger partial charge >= 0.3 is 19.5 Å². The van der Waals surface area contributed by atoms with E-state index in [0.29, 0.717) is 0 Å². The van der Waals surface area contributed by atoms with Crippen LogP contribution in [0.25, 0.3) is 11.2 Å². The number of phosphoric ester groups is 1. The molecule has 7 atom stereocenters. The maximum absolute atomic E-state index is 14.7. The molecule has 1 amide bonds. The van der Waals surface area contributed by atoms with E-state index in [1.165, 1.54) is 43.1 Å². The molecule has 3 aromatic heterocycles. The van der Waals surface area contributed by atoms with Gasteiger partial charge in [0.05, 0.1) is 31.0 Å². The summed E-state index contributed by atoms with van der Waals surface area (Å²) in [4.78, 5) is 87.4. The fourth-order valence-corrected chi connectivity index (χ4v) is 7.77. The molecule has 1 unspecified atom stereocenters. The van der Waals surface area contributed by atoms with Gasteiger partial charge in [-0.25, -0.2) is 14.3 Å². The van der Waals surface area contributed by atoms with Crippen molar-refractivity contribution in [1.82, 2.24) is 29.1 Å². The number of anilines is 1. The first-order chi connectivity index (χ1) is 27.5. The number of esters is 1. The number of para-hydroxylation sites is 1. The number of fused-ring (bicyclic) bond motifs is 1. The number of aryl methyl sites for hydroxylation is 1. The van der Waals surface area contributed by atoms with Gasteiger partial charge in [-0.15, -0.1) is 0 Å². The monoisotopic (exact) mass is 849 g/mol. The lowest BCUT2D eigenvalue weighted by Gasteiger charge is -2.26. The first-order valence-electron chi connectivity index (χ1n) is 18.1. The second-order valence-electron chi connectivity index (χ2n) is 13.9. The Morgan fingerprint density at radius 1 is 1.03 bits per heavy atom. The number of nitrogens with zero attached hydrogens (tertiary/aromatic N) is 4. The van der Waals surface area contributed by atoms with Gasteiger partial charge in [0.15, 0.2) is 11.2 Å². The topological polar surface area (TPSA) is 274 Å². The van der Waals surface area contributed by atoms with Gasteiger partial charge in [-0.3, -0.25) is 52.6 Å². The summed E-state index contributed by atoms with van der Waals surface area (Å²) in [6.45, 7) is 4.87. The molecule has 58 heavy (non-hydrogen) atoms. The molecule has 5 heterocycles. The maximum atomic E-state index is 14.7. The van der Waals surface area contributed by atoms with Gasteiger partial charge in [-0.1, -0.05) is 37.6 Å². The molecule has 23 heteroatoms. The van der Waals surface area contributed by atoms with E-state index < -0.39 is 92.5 Å². The number of ketones is 1. The number of aromatic amines is 2. The number of rotatable bonds is 16. The molecule has 0 spiro atoms. The van der Waals surface area contributed by atoms with E-state index in [4.69, 9.17) is 39.4 Å². The van der Waals surface area contributed by atoms with Crippen molar-refractivity contribution in [2.45, 2.75) is 90.2 Å². The zero-order valence-corrected chi connectivity index (χ0v) is 33.3. The largest absolute Gasteiger partial charge is 0.530 e. The molecule has 0 aliphatic carbocycles. The van der Waals surface area contributed by atoms with Crippen molar-refractivity contribution in [3.05, 3.63) is 78.6 Å². The molecule has 1 aromatic carbocycles. The standard InChI is InChI=1S/C35H41ClN7O14P/c1-17(2)31(47)39-34-38-30-29(33(49)40-34)37-16-43(30)27-12-23(24(14-44)53-27)57-58(51,56-21-8-6-5-7-20(21)36)52-15-25-22(55-28(46)10-9-19(4)45)11-26(54-25)42-13-18(3)32(48)41-35(42)50/h5-8,13,16-17,22-27,44H,9-12,14-15H2,1-4H3,(H,41,48,50)(H2,38,39,40,47,49)/t22-,23-,24+,25+,26+,27+,58?/m0/s1. The number of hydrogen-bond acceptors (Lipinski definition) is 16. The molecule has 21 nitrogen and oxygen atoms in total. The molecule has 0 bridgehead atoms. The van der Waals surface area contributed by atoms with Crippen molar-refractivity contribution in [2.24, 2.45) is 5.92 Å². The Morgan fingerprint density at radius 3 is 2.45 bits per heavy atom. The number of hydrogen-bond donors (Lipinski definition) is 4. The highest BCUT2D eigenvalue weighted by molar-refractivity contribution is 7.49. The summed E-state index contributed by atoms with van der Waals surface area (Å²) in [5, 5.41) is 12.9. The lowest BCUT2D eigenvalue weighted by Crippen LogP contribution is -2.33. The quantitative estimate of drug-likeness (QED) is 0.0932. The van der Waals surface area contributed by atoms with Crippen molar-refractivity contribution < 1.29 is 51.8 Å². The van der Waals surface area contributed by atoms with Gasteiger partial charge in [-0.05, 0) is 26.0 Å². The van der Waals surface area contributed by atoms with Gasteiger partial charge in [0.25, 0.3) is 11.1 Å². The zero-order chi connectivity index (χ0) is 41.9. The number of Topliss-reactive ketones (excluding diaryl/α,β-unsaturated/α-hetero) is 1. The minimum Gasteiger partial charge on any atom is -0.459 e. The van der Waals surface area contributed by atoms with Crippen LogP contribution in [0.15, 0.2) is 51.2 Å². The Balaban J connectivity index is 1.27. The average Bonchev–Trinajstić information content (AvgIpc) is 3.89. The fraction of sp³-hybridized carbons (Fsp3) is 0.486. The van der Waals surface area contributed by atoms with E-state index in [2.05, 4.69) is 25.3 Å². The van der Waals surface area contributed by atoms with Gasteiger partial charge in [0.2, 0.25) is 11.9 Å². The summed E-state index contributed by atoms with van der Waals surface area (Å²) in [6.07, 6.45) is -4.74. The normalized spacial score (nSPS) is 22.9. The number of amides is 1.